The van der Waals surface area contributed by atoms with E-state index in [1.165, 1.54) is 82.7 Å². The topological polar surface area (TPSA) is 419 Å². The molecule has 9 rings (SSSR count). The molecule has 0 radical (unpaired) electrons. The van der Waals surface area contributed by atoms with E-state index in [0.717, 1.165) is 13.0 Å². The molecule has 0 fully saturated rings. The van der Waals surface area contributed by atoms with Crippen LogP contribution in [0.15, 0.2) is 110 Å². The molecule has 0 aliphatic carbocycles. The van der Waals surface area contributed by atoms with E-state index in [-0.39, 0.29) is 94.6 Å². The molecular weight excluding hydrogens is 1270 g/mol. The van der Waals surface area contributed by atoms with Crippen molar-refractivity contribution in [3.05, 3.63) is 167 Å². The zero-order valence-electron chi connectivity index (χ0n) is 55.3. The second kappa shape index (κ2) is 30.9. The van der Waals surface area contributed by atoms with Gasteiger partial charge in [-0.05, 0) is 87.4 Å². The maximum Gasteiger partial charge on any atom is 0.291 e. The smallest absolute Gasteiger partial charge is 0.291 e. The second-order valence-electron chi connectivity index (χ2n) is 23.4. The molecule has 8 aromatic heterocycles. The number of aliphatic hydroxyl groups is 1. The van der Waals surface area contributed by atoms with E-state index in [2.05, 4.69) is 73.0 Å². The fraction of sp³-hybridized carbons (Fsp3) is 0.297. The third kappa shape index (κ3) is 17.4. The van der Waals surface area contributed by atoms with E-state index in [0.29, 0.717) is 59.9 Å². The van der Waals surface area contributed by atoms with Gasteiger partial charge in [0, 0.05) is 137 Å². The lowest BCUT2D eigenvalue weighted by atomic mass is 10.1. The molecule has 0 unspecified atom stereocenters. The fourth-order valence-electron chi connectivity index (χ4n) is 10.5. The van der Waals surface area contributed by atoms with E-state index < -0.39 is 53.3 Å². The molecule has 0 spiro atoms. The Morgan fingerprint density at radius 1 is 0.449 bits per heavy atom. The number of hydrogen-bond donors (Lipinski definition) is 12. The minimum absolute atomic E-state index is 0.00125. The number of benzene rings is 1. The van der Waals surface area contributed by atoms with Gasteiger partial charge in [0.2, 0.25) is 17.6 Å². The van der Waals surface area contributed by atoms with Crippen LogP contribution in [0.2, 0.25) is 0 Å². The lowest BCUT2D eigenvalue weighted by Gasteiger charge is -2.17. The van der Waals surface area contributed by atoms with Gasteiger partial charge in [0.05, 0.1) is 41.1 Å². The number of aromatic nitrogens is 11. The van der Waals surface area contributed by atoms with Crippen LogP contribution in [-0.2, 0) is 67.8 Å². The first kappa shape index (κ1) is 70.2. The van der Waals surface area contributed by atoms with E-state index in [4.69, 9.17) is 5.73 Å². The van der Waals surface area contributed by atoms with Gasteiger partial charge in [0.25, 0.3) is 53.2 Å². The highest BCUT2D eigenvalue weighted by Crippen LogP contribution is 2.23. The predicted octanol–water partition coefficient (Wildman–Crippen LogP) is 2.54. The Bertz CT molecular complexity index is 4510. The van der Waals surface area contributed by atoms with Crippen molar-refractivity contribution in [2.24, 2.45) is 62.1 Å². The van der Waals surface area contributed by atoms with Crippen molar-refractivity contribution in [3.63, 3.8) is 0 Å². The van der Waals surface area contributed by atoms with E-state index in [1.807, 2.05) is 7.05 Å². The van der Waals surface area contributed by atoms with Crippen molar-refractivity contribution in [2.45, 2.75) is 31.9 Å². The van der Waals surface area contributed by atoms with Gasteiger partial charge < -0.3 is 105 Å². The number of hydrogen-bond acceptors (Lipinski definition) is 16. The standard InChI is InChI=1S/C64H77N23O11/c1-79(20-11-16-67-55(89)38-14-10-13-37(23-38)36-88)21-12-17-68-57(91)45-24-40(30-81(45)3)71-58(92)47-28-43(33-83(47)5)74-64(98)54-76-51(35-87(54)9)78-60(94)48-25-39(29-84(48)6)70-56(90)44(65)15-18-69-62(96)53-75-50(34-86(53)8)77-61(95)49-26-41(31-85(49)7)72-59(93)46-27-42(32-82(46)4)73-63(97)52-66-19-22-80(52)2/h10,13-14,19,22-35,44,88H,11-12,15-18,20-21,36,65H2,1-9H3,(H,67,89)(H,68,91)(H,69,96)(H,70,90)(H,71,92)(H,72,93)(H,73,97)(H,74,98)(H,77,95)(H,78,94)/t44-/m1/s1. The van der Waals surface area contributed by atoms with Gasteiger partial charge in [-0.25, -0.2) is 15.0 Å². The summed E-state index contributed by atoms with van der Waals surface area (Å²) < 4.78 is 12.0. The summed E-state index contributed by atoms with van der Waals surface area (Å²) in [5.41, 5.74) is 9.95. The van der Waals surface area contributed by atoms with Crippen LogP contribution in [0, 0.1) is 0 Å². The summed E-state index contributed by atoms with van der Waals surface area (Å²) in [6.07, 6.45) is 15.2. The maximum absolute atomic E-state index is 13.5. The summed E-state index contributed by atoms with van der Waals surface area (Å²) in [5, 5.41) is 36.8. The average Bonchev–Trinajstić information content (AvgIpc) is 1.69. The highest BCUT2D eigenvalue weighted by molar-refractivity contribution is 6.10. The van der Waals surface area contributed by atoms with E-state index >= 15 is 0 Å². The number of anilines is 7. The van der Waals surface area contributed by atoms with Gasteiger partial charge in [-0.15, -0.1) is 0 Å². The number of rotatable bonds is 29. The van der Waals surface area contributed by atoms with Crippen LogP contribution in [0.5, 0.6) is 0 Å². The number of imidazole rings is 3. The molecule has 34 nitrogen and oxygen atoms in total. The van der Waals surface area contributed by atoms with Crippen molar-refractivity contribution < 1.29 is 53.1 Å². The molecule has 0 aliphatic rings. The molecule has 8 heterocycles. The minimum Gasteiger partial charge on any atom is -0.392 e. The molecule has 9 aromatic rings. The summed E-state index contributed by atoms with van der Waals surface area (Å²) in [6, 6.07) is 13.1. The molecule has 514 valence electrons. The zero-order chi connectivity index (χ0) is 70.6. The Morgan fingerprint density at radius 3 is 1.30 bits per heavy atom. The van der Waals surface area contributed by atoms with Crippen LogP contribution >= 0.6 is 0 Å². The molecule has 1 atom stereocenters. The molecular formula is C64H77N23O11. The quantitative estimate of drug-likeness (QED) is 0.0300. The van der Waals surface area contributed by atoms with Crippen LogP contribution in [0.3, 0.4) is 0 Å². The first-order chi connectivity index (χ1) is 46.7. The third-order valence-electron chi connectivity index (χ3n) is 15.6. The maximum atomic E-state index is 13.5. The predicted molar refractivity (Wildman–Crippen MR) is 362 cm³/mol. The Labute approximate surface area is 560 Å². The molecule has 0 saturated carbocycles. The Hall–Kier alpha value is -12.2. The van der Waals surface area contributed by atoms with Gasteiger partial charge in [-0.1, -0.05) is 12.1 Å². The number of aryl methyl sites for hydroxylation is 8. The number of carbonyl (C=O) groups excluding carboxylic acids is 10. The number of amides is 10. The molecule has 34 heteroatoms. The summed E-state index contributed by atoms with van der Waals surface area (Å²) in [4.78, 5) is 147. The van der Waals surface area contributed by atoms with Gasteiger partial charge >= 0.3 is 0 Å². The summed E-state index contributed by atoms with van der Waals surface area (Å²) >= 11 is 0. The van der Waals surface area contributed by atoms with Crippen LogP contribution in [-0.4, -0.2) is 166 Å². The van der Waals surface area contributed by atoms with Crippen molar-refractivity contribution in [2.75, 3.05) is 77.0 Å². The molecule has 13 N–H and O–H groups in total. The number of aliphatic hydroxyl groups excluding tert-OH is 1. The molecule has 0 saturated heterocycles. The largest absolute Gasteiger partial charge is 0.392 e. The van der Waals surface area contributed by atoms with Crippen LogP contribution in [0.1, 0.15) is 119 Å². The average molecular weight is 1340 g/mol. The molecule has 0 aliphatic heterocycles. The van der Waals surface area contributed by atoms with Gasteiger partial charge in [0.15, 0.2) is 17.5 Å². The van der Waals surface area contributed by atoms with Crippen molar-refractivity contribution in [1.82, 2.24) is 72.3 Å². The number of nitrogens with two attached hydrogens (primary N) is 1. The first-order valence-corrected chi connectivity index (χ1v) is 30.8. The van der Waals surface area contributed by atoms with Gasteiger partial charge in [0.1, 0.15) is 28.5 Å². The summed E-state index contributed by atoms with van der Waals surface area (Å²) in [5.74, 6) is -4.92. The molecule has 98 heavy (non-hydrogen) atoms. The second-order valence-corrected chi connectivity index (χ2v) is 23.4. The summed E-state index contributed by atoms with van der Waals surface area (Å²) in [6.45, 7) is 2.15. The third-order valence-corrected chi connectivity index (χ3v) is 15.6. The summed E-state index contributed by atoms with van der Waals surface area (Å²) in [7, 11) is 14.9. The Morgan fingerprint density at radius 2 is 0.847 bits per heavy atom. The SMILES string of the molecule is CN(CCCNC(=O)c1cccc(CO)c1)CCCNC(=O)c1cc(NC(=O)c2cc(NC(=O)c3nc(NC(=O)c4cc(NC(=O)[C@H](N)CCNC(=O)c5nc(NC(=O)c6cc(NC(=O)c7cc(NC(=O)c8nccn8C)cn7C)cn6C)cn5C)cn4C)cn3C)cn2C)cn1C. The van der Waals surface area contributed by atoms with Crippen molar-refractivity contribution in [1.29, 1.82) is 0 Å². The van der Waals surface area contributed by atoms with Gasteiger partial charge in [-0.3, -0.25) is 47.9 Å². The Kier molecular flexibility index (Phi) is 22.1. The minimum atomic E-state index is -1.10. The van der Waals surface area contributed by atoms with Crippen molar-refractivity contribution in [3.8, 4) is 0 Å². The normalized spacial score (nSPS) is 11.4. The first-order valence-electron chi connectivity index (χ1n) is 30.8. The van der Waals surface area contributed by atoms with Crippen LogP contribution in [0.4, 0.5) is 40.1 Å². The highest BCUT2D eigenvalue weighted by Gasteiger charge is 2.25. The highest BCUT2D eigenvalue weighted by atomic mass is 16.3. The van der Waals surface area contributed by atoms with E-state index in [9.17, 15) is 53.1 Å². The number of carbonyl (C=O) groups is 10. The van der Waals surface area contributed by atoms with Crippen LogP contribution in [0.25, 0.3) is 0 Å². The van der Waals surface area contributed by atoms with E-state index in [1.54, 1.807) is 121 Å². The molecule has 1 aromatic carbocycles. The number of nitrogens with zero attached hydrogens (tertiary/aromatic N) is 12. The van der Waals surface area contributed by atoms with Crippen molar-refractivity contribution >= 4 is 99.1 Å². The zero-order valence-corrected chi connectivity index (χ0v) is 55.3. The fourth-order valence-corrected chi connectivity index (χ4v) is 10.5. The molecule has 0 bridgehead atoms. The number of nitrogens with one attached hydrogen (secondary N) is 10. The molecule has 10 amide bonds. The van der Waals surface area contributed by atoms with Gasteiger partial charge in [-0.2, -0.15) is 0 Å². The lowest BCUT2D eigenvalue weighted by Crippen LogP contribution is -2.39. The lowest BCUT2D eigenvalue weighted by molar-refractivity contribution is -0.117. The Balaban J connectivity index is 0.676. The van der Waals surface area contributed by atoms with Crippen LogP contribution < -0.4 is 58.9 Å². The monoisotopic (exact) mass is 1340 g/mol.